The third-order valence-corrected chi connectivity index (χ3v) is 4.02. The zero-order chi connectivity index (χ0) is 14.6. The lowest BCUT2D eigenvalue weighted by atomic mass is 10.0. The normalized spacial score (nSPS) is 13.3. The van der Waals surface area contributed by atoms with Gasteiger partial charge in [-0.05, 0) is 25.6 Å². The number of nitrogens with zero attached hydrogens (tertiary/aromatic N) is 1. The maximum absolute atomic E-state index is 14.0. The Morgan fingerprint density at radius 2 is 2.05 bits per heavy atom. The van der Waals surface area contributed by atoms with Crippen molar-refractivity contribution in [2.45, 2.75) is 13.0 Å². The molecule has 0 aliphatic rings. The molecule has 0 aliphatic carbocycles. The number of halogens is 1. The highest BCUT2D eigenvalue weighted by Crippen LogP contribution is 2.28. The van der Waals surface area contributed by atoms with Crippen LogP contribution in [-0.2, 0) is 9.84 Å². The van der Waals surface area contributed by atoms with Gasteiger partial charge >= 0.3 is 0 Å². The highest BCUT2D eigenvalue weighted by atomic mass is 32.2. The predicted molar refractivity (Wildman–Crippen MR) is 76.9 cm³/mol. The number of sulfone groups is 1. The molecule has 1 unspecified atom stereocenters. The van der Waals surface area contributed by atoms with Gasteiger partial charge in [-0.1, -0.05) is 12.1 Å². The lowest BCUT2D eigenvalue weighted by molar-refractivity contribution is 0.595. The second-order valence-corrected chi connectivity index (χ2v) is 7.00. The molecule has 4 nitrogen and oxygen atoms in total. The summed E-state index contributed by atoms with van der Waals surface area (Å²) in [5.41, 5.74) is 1.27. The van der Waals surface area contributed by atoms with Gasteiger partial charge in [0.25, 0.3) is 0 Å². The Morgan fingerprint density at radius 1 is 1.42 bits per heavy atom. The summed E-state index contributed by atoms with van der Waals surface area (Å²) < 4.78 is 36.4. The fourth-order valence-electron chi connectivity index (χ4n) is 1.85. The van der Waals surface area contributed by atoms with Gasteiger partial charge in [0.15, 0.2) is 0 Å². The molecule has 0 radical (unpaired) electrons. The van der Waals surface area contributed by atoms with E-state index in [9.17, 15) is 12.8 Å². The molecule has 1 rings (SSSR count). The average Bonchev–Trinajstić information content (AvgIpc) is 2.33. The predicted octanol–water partition coefficient (Wildman–Crippen LogP) is 1.59. The van der Waals surface area contributed by atoms with Crippen molar-refractivity contribution in [3.05, 3.63) is 29.6 Å². The summed E-state index contributed by atoms with van der Waals surface area (Å²) in [7, 11) is 0.447. The van der Waals surface area contributed by atoms with E-state index in [1.807, 2.05) is 13.0 Å². The zero-order valence-corrected chi connectivity index (χ0v) is 12.6. The van der Waals surface area contributed by atoms with Crippen molar-refractivity contribution in [3.8, 4) is 0 Å². The minimum Gasteiger partial charge on any atom is -0.371 e. The average molecular weight is 288 g/mol. The van der Waals surface area contributed by atoms with Gasteiger partial charge < -0.3 is 10.2 Å². The molecule has 108 valence electrons. The summed E-state index contributed by atoms with van der Waals surface area (Å²) in [6.07, 6.45) is 1.18. The second kappa shape index (κ2) is 6.34. The van der Waals surface area contributed by atoms with E-state index < -0.39 is 9.84 Å². The number of para-hydroxylation sites is 1. The molecule has 6 heteroatoms. The molecule has 0 saturated carbocycles. The number of hydrogen-bond donors (Lipinski definition) is 1. The third-order valence-electron chi connectivity index (χ3n) is 3.10. The van der Waals surface area contributed by atoms with Crippen molar-refractivity contribution in [3.63, 3.8) is 0 Å². The molecule has 1 aromatic rings. The first-order chi connectivity index (χ1) is 8.76. The minimum absolute atomic E-state index is 0.00517. The van der Waals surface area contributed by atoms with Crippen molar-refractivity contribution < 1.29 is 12.8 Å². The summed E-state index contributed by atoms with van der Waals surface area (Å²) in [4.78, 5) is 1.65. The molecule has 1 aromatic carbocycles. The van der Waals surface area contributed by atoms with E-state index in [4.69, 9.17) is 0 Å². The number of benzene rings is 1. The molecular weight excluding hydrogens is 267 g/mol. The van der Waals surface area contributed by atoms with Gasteiger partial charge in [-0.25, -0.2) is 12.8 Å². The van der Waals surface area contributed by atoms with Crippen LogP contribution in [0.3, 0.4) is 0 Å². The summed E-state index contributed by atoms with van der Waals surface area (Å²) in [6.45, 7) is 2.20. The molecule has 0 amide bonds. The first-order valence-corrected chi connectivity index (χ1v) is 8.17. The highest BCUT2D eigenvalue weighted by molar-refractivity contribution is 7.90. The van der Waals surface area contributed by atoms with Crippen LogP contribution in [0.4, 0.5) is 10.1 Å². The molecular formula is C13H21FN2O2S. The number of rotatable bonds is 6. The van der Waals surface area contributed by atoms with Crippen LogP contribution in [-0.4, -0.2) is 41.1 Å². The standard InChI is InChI=1S/C13H21FN2O2S/c1-10(15-2)11-6-5-7-12(14)13(11)16(3)8-9-19(4,17)18/h5-7,10,15H,8-9H2,1-4H3. The molecule has 0 bridgehead atoms. The second-order valence-electron chi connectivity index (χ2n) is 4.74. The fourth-order valence-corrected chi connectivity index (χ4v) is 2.46. The van der Waals surface area contributed by atoms with Crippen molar-refractivity contribution in [2.75, 3.05) is 37.5 Å². The van der Waals surface area contributed by atoms with Crippen LogP contribution in [0.25, 0.3) is 0 Å². The lowest BCUT2D eigenvalue weighted by Gasteiger charge is -2.25. The lowest BCUT2D eigenvalue weighted by Crippen LogP contribution is -2.28. The van der Waals surface area contributed by atoms with Gasteiger partial charge in [-0.2, -0.15) is 0 Å². The molecule has 0 saturated heterocycles. The Kier molecular flexibility index (Phi) is 5.31. The summed E-state index contributed by atoms with van der Waals surface area (Å²) in [6, 6.07) is 4.88. The van der Waals surface area contributed by atoms with Crippen molar-refractivity contribution in [1.82, 2.24) is 5.32 Å². The van der Waals surface area contributed by atoms with Gasteiger partial charge in [0, 0.05) is 25.9 Å². The van der Waals surface area contributed by atoms with Crippen LogP contribution in [0, 0.1) is 5.82 Å². The van der Waals surface area contributed by atoms with Crippen LogP contribution in [0.5, 0.6) is 0 Å². The van der Waals surface area contributed by atoms with Crippen molar-refractivity contribution in [1.29, 1.82) is 0 Å². The van der Waals surface area contributed by atoms with E-state index >= 15 is 0 Å². The molecule has 0 heterocycles. The van der Waals surface area contributed by atoms with Gasteiger partial charge in [-0.15, -0.1) is 0 Å². The molecule has 1 N–H and O–H groups in total. The maximum Gasteiger partial charge on any atom is 0.149 e. The van der Waals surface area contributed by atoms with E-state index in [-0.39, 0.29) is 24.2 Å². The van der Waals surface area contributed by atoms with E-state index in [0.29, 0.717) is 5.69 Å². The zero-order valence-electron chi connectivity index (χ0n) is 11.8. The monoisotopic (exact) mass is 288 g/mol. The van der Waals surface area contributed by atoms with Gasteiger partial charge in [0.2, 0.25) is 0 Å². The Hall–Kier alpha value is -1.14. The van der Waals surface area contributed by atoms with Crippen molar-refractivity contribution >= 4 is 15.5 Å². The summed E-state index contributed by atoms with van der Waals surface area (Å²) in [5.74, 6) is -0.332. The van der Waals surface area contributed by atoms with Gasteiger partial charge in [-0.3, -0.25) is 0 Å². The van der Waals surface area contributed by atoms with Crippen LogP contribution in [0.15, 0.2) is 18.2 Å². The number of hydrogen-bond acceptors (Lipinski definition) is 4. The van der Waals surface area contributed by atoms with Crippen LogP contribution in [0.2, 0.25) is 0 Å². The number of nitrogens with one attached hydrogen (secondary N) is 1. The Balaban J connectivity index is 3.04. The largest absolute Gasteiger partial charge is 0.371 e. The molecule has 0 fully saturated rings. The highest BCUT2D eigenvalue weighted by Gasteiger charge is 2.17. The SMILES string of the molecule is CNC(C)c1cccc(F)c1N(C)CCS(C)(=O)=O. The van der Waals surface area contributed by atoms with Crippen molar-refractivity contribution in [2.24, 2.45) is 0 Å². The first-order valence-electron chi connectivity index (χ1n) is 6.11. The van der Waals surface area contributed by atoms with Crippen LogP contribution < -0.4 is 10.2 Å². The topological polar surface area (TPSA) is 49.4 Å². The molecule has 19 heavy (non-hydrogen) atoms. The van der Waals surface area contributed by atoms with Crippen LogP contribution >= 0.6 is 0 Å². The van der Waals surface area contributed by atoms with E-state index in [1.54, 1.807) is 25.1 Å². The first kappa shape index (κ1) is 15.9. The molecule has 0 spiro atoms. The number of anilines is 1. The minimum atomic E-state index is -3.06. The molecule has 0 aromatic heterocycles. The maximum atomic E-state index is 14.0. The Bertz CT molecular complexity index is 531. The van der Waals surface area contributed by atoms with E-state index in [1.165, 1.54) is 12.3 Å². The molecule has 0 aliphatic heterocycles. The fraction of sp³-hybridized carbons (Fsp3) is 0.538. The Morgan fingerprint density at radius 3 is 2.58 bits per heavy atom. The smallest absolute Gasteiger partial charge is 0.149 e. The molecule has 1 atom stereocenters. The third kappa shape index (κ3) is 4.47. The summed E-state index contributed by atoms with van der Waals surface area (Å²) in [5, 5.41) is 3.06. The Labute approximate surface area is 114 Å². The van der Waals surface area contributed by atoms with Crippen LogP contribution in [0.1, 0.15) is 18.5 Å². The van der Waals surface area contributed by atoms with Gasteiger partial charge in [0.1, 0.15) is 15.7 Å². The van der Waals surface area contributed by atoms with E-state index in [0.717, 1.165) is 5.56 Å². The van der Waals surface area contributed by atoms with E-state index in [2.05, 4.69) is 5.32 Å². The quantitative estimate of drug-likeness (QED) is 0.863. The summed E-state index contributed by atoms with van der Waals surface area (Å²) >= 11 is 0. The van der Waals surface area contributed by atoms with Gasteiger partial charge in [0.05, 0.1) is 11.4 Å².